The van der Waals surface area contributed by atoms with Gasteiger partial charge in [-0.05, 0) is 83.8 Å². The van der Waals surface area contributed by atoms with E-state index in [9.17, 15) is 36.8 Å². The number of sulfonamides is 1. The van der Waals surface area contributed by atoms with Crippen LogP contribution in [0.4, 0.5) is 14.0 Å². The smallest absolute Gasteiger partial charge is 0.410 e. The lowest BCUT2D eigenvalue weighted by molar-refractivity contribution is -0.136. The maximum atomic E-state index is 14.4. The number of nitrogens with one attached hydrogen (secondary N) is 3. The molecule has 0 spiro atoms. The fraction of sp³-hybridized carbons (Fsp3) is 0.639. The highest BCUT2D eigenvalue weighted by molar-refractivity contribution is 7.91. The molecule has 5 aliphatic rings. The zero-order chi connectivity index (χ0) is 36.7. The molecule has 3 saturated carbocycles. The first-order chi connectivity index (χ1) is 24.1. The number of nitrogens with zero attached hydrogens (tertiary/aromatic N) is 1. The summed E-state index contributed by atoms with van der Waals surface area (Å²) in [4.78, 5) is 69.7. The van der Waals surface area contributed by atoms with Crippen LogP contribution in [0.2, 0.25) is 0 Å². The van der Waals surface area contributed by atoms with Crippen LogP contribution in [-0.4, -0.2) is 71.6 Å². The summed E-state index contributed by atoms with van der Waals surface area (Å²) < 4.78 is 53.4. The first-order valence-corrected chi connectivity index (χ1v) is 19.4. The minimum Gasteiger partial charge on any atom is -0.446 e. The van der Waals surface area contributed by atoms with Crippen LogP contribution in [0.3, 0.4) is 0 Å². The Bertz CT molecular complexity index is 1720. The minimum atomic E-state index is -3.91. The summed E-state index contributed by atoms with van der Waals surface area (Å²) in [5, 5.41) is 4.88. The lowest BCUT2D eigenvalue weighted by atomic mass is 9.86. The number of fused-ring (bicyclic) bond motifs is 3. The van der Waals surface area contributed by atoms with Crippen LogP contribution in [0.25, 0.3) is 0 Å². The van der Waals surface area contributed by atoms with Crippen molar-refractivity contribution in [2.45, 2.75) is 127 Å². The molecule has 2 unspecified atom stereocenters. The third kappa shape index (κ3) is 8.39. The lowest BCUT2D eigenvalue weighted by Gasteiger charge is -2.27. The molecule has 1 aromatic rings. The largest absolute Gasteiger partial charge is 0.446 e. The predicted molar refractivity (Wildman–Crippen MR) is 182 cm³/mol. The number of benzene rings is 1. The van der Waals surface area contributed by atoms with Crippen molar-refractivity contribution in [3.63, 3.8) is 0 Å². The molecule has 15 heteroatoms. The number of carbonyl (C=O) groups is 5. The second kappa shape index (κ2) is 14.2. The molecule has 0 aromatic heterocycles. The summed E-state index contributed by atoms with van der Waals surface area (Å²) in [6.07, 6.45) is 5.45. The molecule has 3 aliphatic carbocycles. The molecule has 0 saturated heterocycles. The standard InChI is InChI=1S/C36H47FN4O9S/c1-35(2,3)50-33(45)38-29-13-8-6-4-5-7-11-22-18-36(22,32(44)40-51(47,48)24-14-15-24)39-31(43)26-17-23(16-25(26)30(29)42)49-34(46)41-19-21-10-9-12-28(37)27(21)20-41/h7,9-12,22-26,29H,4-6,8,13-20H2,1-3H3,(H,38,45)(H,39,43)(H,40,44)/b11-7-/t22-,23+,25?,26-,29+,36?/m1/s1. The zero-order valence-electron chi connectivity index (χ0n) is 29.2. The maximum absolute atomic E-state index is 14.4. The van der Waals surface area contributed by atoms with Crippen molar-refractivity contribution in [1.29, 1.82) is 0 Å². The van der Waals surface area contributed by atoms with Crippen molar-refractivity contribution in [2.24, 2.45) is 17.8 Å². The van der Waals surface area contributed by atoms with Gasteiger partial charge < -0.3 is 20.1 Å². The molecule has 3 N–H and O–H groups in total. The van der Waals surface area contributed by atoms with E-state index in [1.54, 1.807) is 32.9 Å². The first kappa shape index (κ1) is 36.8. The average Bonchev–Trinajstić information content (AvgIpc) is 3.93. The topological polar surface area (TPSA) is 177 Å². The van der Waals surface area contributed by atoms with Crippen molar-refractivity contribution < 1.29 is 46.3 Å². The Morgan fingerprint density at radius 3 is 2.47 bits per heavy atom. The Labute approximate surface area is 297 Å². The molecule has 6 atom stereocenters. The van der Waals surface area contributed by atoms with Gasteiger partial charge in [0.1, 0.15) is 23.1 Å². The van der Waals surface area contributed by atoms with Gasteiger partial charge in [-0.15, -0.1) is 0 Å². The maximum Gasteiger partial charge on any atom is 0.410 e. The average molecular weight is 731 g/mol. The van der Waals surface area contributed by atoms with Crippen LogP contribution in [0.1, 0.15) is 96.1 Å². The van der Waals surface area contributed by atoms with E-state index < -0.39 is 91.9 Å². The summed E-state index contributed by atoms with van der Waals surface area (Å²) in [5.41, 5.74) is -1.30. The normalized spacial score (nSPS) is 30.4. The first-order valence-electron chi connectivity index (χ1n) is 17.9. The van der Waals surface area contributed by atoms with E-state index in [0.29, 0.717) is 43.2 Å². The molecule has 3 fully saturated rings. The number of ketones is 1. The van der Waals surface area contributed by atoms with Crippen LogP contribution in [0.15, 0.2) is 30.4 Å². The van der Waals surface area contributed by atoms with Gasteiger partial charge in [0.2, 0.25) is 15.9 Å². The van der Waals surface area contributed by atoms with Gasteiger partial charge in [0.15, 0.2) is 5.78 Å². The summed E-state index contributed by atoms with van der Waals surface area (Å²) in [5.74, 6) is -4.85. The minimum absolute atomic E-state index is 0.0119. The van der Waals surface area contributed by atoms with Crippen LogP contribution < -0.4 is 15.4 Å². The summed E-state index contributed by atoms with van der Waals surface area (Å²) in [6, 6.07) is 3.62. The summed E-state index contributed by atoms with van der Waals surface area (Å²) in [7, 11) is -3.91. The van der Waals surface area contributed by atoms with E-state index in [1.807, 2.05) is 12.2 Å². The number of hydrogen-bond acceptors (Lipinski definition) is 9. The van der Waals surface area contributed by atoms with Crippen molar-refractivity contribution in [3.05, 3.63) is 47.3 Å². The molecular weight excluding hydrogens is 683 g/mol. The molecule has 2 heterocycles. The lowest BCUT2D eigenvalue weighted by Crippen LogP contribution is -2.54. The third-order valence-corrected chi connectivity index (χ3v) is 12.2. The van der Waals surface area contributed by atoms with Crippen LogP contribution in [-0.2, 0) is 47.0 Å². The van der Waals surface area contributed by atoms with Gasteiger partial charge in [0.25, 0.3) is 5.91 Å². The number of ether oxygens (including phenoxy) is 2. The highest BCUT2D eigenvalue weighted by atomic mass is 32.2. The molecule has 0 bridgehead atoms. The second-order valence-electron chi connectivity index (χ2n) is 15.5. The molecule has 51 heavy (non-hydrogen) atoms. The van der Waals surface area contributed by atoms with Crippen molar-refractivity contribution in [1.82, 2.24) is 20.3 Å². The molecule has 13 nitrogen and oxygen atoms in total. The molecule has 278 valence electrons. The number of halogens is 1. The van der Waals surface area contributed by atoms with Gasteiger partial charge in [0, 0.05) is 23.9 Å². The number of Topliss-reactive ketones (excluding diaryl/α,β-unsaturated/α-hetero) is 1. The third-order valence-electron chi connectivity index (χ3n) is 10.4. The SMILES string of the molecule is CC(C)(C)OC(=O)N[C@H]1CCCCC/C=C\[C@@H]2CC2(C(=O)NS(=O)(=O)C2CC2)NC(=O)[C@@H]2C[C@@H](OC(=O)N3Cc4cccc(F)c4C3)CC2C1=O. The van der Waals surface area contributed by atoms with E-state index >= 15 is 0 Å². The van der Waals surface area contributed by atoms with Crippen LogP contribution in [0, 0.1) is 23.6 Å². The number of amides is 4. The summed E-state index contributed by atoms with van der Waals surface area (Å²) >= 11 is 0. The van der Waals surface area contributed by atoms with Gasteiger partial charge in [-0.2, -0.15) is 0 Å². The molecule has 4 amide bonds. The van der Waals surface area contributed by atoms with E-state index in [1.165, 1.54) is 11.0 Å². The number of alkyl carbamates (subject to hydrolysis) is 1. The molecular formula is C36H47FN4O9S. The van der Waals surface area contributed by atoms with E-state index in [0.717, 1.165) is 12.8 Å². The highest BCUT2D eigenvalue weighted by Crippen LogP contribution is 2.47. The van der Waals surface area contributed by atoms with Gasteiger partial charge >= 0.3 is 12.2 Å². The molecule has 0 radical (unpaired) electrons. The monoisotopic (exact) mass is 730 g/mol. The van der Waals surface area contributed by atoms with Crippen LogP contribution in [0.5, 0.6) is 0 Å². The highest BCUT2D eigenvalue weighted by Gasteiger charge is 2.62. The predicted octanol–water partition coefficient (Wildman–Crippen LogP) is 4.14. The zero-order valence-corrected chi connectivity index (χ0v) is 30.1. The van der Waals surface area contributed by atoms with Crippen molar-refractivity contribution in [3.8, 4) is 0 Å². The molecule has 6 rings (SSSR count). The Morgan fingerprint density at radius 2 is 1.76 bits per heavy atom. The number of hydrogen-bond donors (Lipinski definition) is 3. The van der Waals surface area contributed by atoms with Crippen molar-refractivity contribution >= 4 is 39.8 Å². The van der Waals surface area contributed by atoms with Gasteiger partial charge in [-0.1, -0.05) is 37.1 Å². The van der Waals surface area contributed by atoms with E-state index in [2.05, 4.69) is 15.4 Å². The van der Waals surface area contributed by atoms with Gasteiger partial charge in [-0.3, -0.25) is 24.0 Å². The summed E-state index contributed by atoms with van der Waals surface area (Å²) in [6.45, 7) is 5.26. The molecule has 2 aliphatic heterocycles. The van der Waals surface area contributed by atoms with Crippen LogP contribution >= 0.6 is 0 Å². The number of carbonyl (C=O) groups excluding carboxylic acids is 5. The van der Waals surface area contributed by atoms with E-state index in [-0.39, 0.29) is 32.4 Å². The fourth-order valence-electron chi connectivity index (χ4n) is 7.44. The van der Waals surface area contributed by atoms with Crippen molar-refractivity contribution in [2.75, 3.05) is 0 Å². The van der Waals surface area contributed by atoms with Gasteiger partial charge in [-0.25, -0.2) is 22.4 Å². The van der Waals surface area contributed by atoms with E-state index in [4.69, 9.17) is 9.47 Å². The Morgan fingerprint density at radius 1 is 1.02 bits per heavy atom. The molecule has 1 aromatic carbocycles. The quantitative estimate of drug-likeness (QED) is 0.376. The Kier molecular flexibility index (Phi) is 10.2. The fourth-order valence-corrected chi connectivity index (χ4v) is 8.80. The Balaban J connectivity index is 1.25. The Hall–Kier alpha value is -4.01. The van der Waals surface area contributed by atoms with Gasteiger partial charge in [0.05, 0.1) is 23.8 Å². The number of rotatable bonds is 5. The second-order valence-corrected chi connectivity index (χ2v) is 17.5. The number of allylic oxidation sites excluding steroid dienone is 1.